The van der Waals surface area contributed by atoms with E-state index in [-0.39, 0.29) is 11.2 Å². The van der Waals surface area contributed by atoms with E-state index in [2.05, 4.69) is 33.0 Å². The van der Waals surface area contributed by atoms with E-state index >= 15 is 0 Å². The summed E-state index contributed by atoms with van der Waals surface area (Å²) in [7, 11) is 0. The molecule has 1 aliphatic carbocycles. The molecule has 0 radical (unpaired) electrons. The normalized spacial score (nSPS) is 33.2. The van der Waals surface area contributed by atoms with Gasteiger partial charge in [0.05, 0.1) is 11.2 Å². The van der Waals surface area contributed by atoms with Gasteiger partial charge < -0.3 is 10.1 Å². The molecular formula is C13H25NO. The number of hydrogen-bond acceptors (Lipinski definition) is 2. The third kappa shape index (κ3) is 2.94. The third-order valence-corrected chi connectivity index (χ3v) is 3.71. The zero-order valence-corrected chi connectivity index (χ0v) is 10.6. The lowest BCUT2D eigenvalue weighted by molar-refractivity contribution is -0.0698. The fourth-order valence-corrected chi connectivity index (χ4v) is 2.75. The Labute approximate surface area is 93.8 Å². The Morgan fingerprint density at radius 1 is 1.20 bits per heavy atom. The maximum atomic E-state index is 6.06. The molecule has 0 aromatic rings. The molecule has 1 aliphatic heterocycles. The van der Waals surface area contributed by atoms with E-state index in [0.29, 0.717) is 6.04 Å². The van der Waals surface area contributed by atoms with Crippen LogP contribution in [0, 0.1) is 5.92 Å². The van der Waals surface area contributed by atoms with Gasteiger partial charge in [0.15, 0.2) is 0 Å². The summed E-state index contributed by atoms with van der Waals surface area (Å²) in [5, 5.41) is 3.67. The molecule has 1 heterocycles. The summed E-state index contributed by atoms with van der Waals surface area (Å²) >= 11 is 0. The van der Waals surface area contributed by atoms with Crippen molar-refractivity contribution < 1.29 is 4.74 Å². The van der Waals surface area contributed by atoms with Crippen LogP contribution in [-0.2, 0) is 4.74 Å². The van der Waals surface area contributed by atoms with Crippen molar-refractivity contribution in [2.24, 2.45) is 5.92 Å². The van der Waals surface area contributed by atoms with Gasteiger partial charge in [0.2, 0.25) is 0 Å². The summed E-state index contributed by atoms with van der Waals surface area (Å²) in [6, 6.07) is 0.520. The molecule has 2 rings (SSSR count). The average Bonchev–Trinajstić information content (AvgIpc) is 2.80. The van der Waals surface area contributed by atoms with E-state index in [0.717, 1.165) is 18.9 Å². The van der Waals surface area contributed by atoms with E-state index in [1.807, 2.05) is 0 Å². The van der Waals surface area contributed by atoms with Crippen LogP contribution in [0.4, 0.5) is 0 Å². The minimum atomic E-state index is -0.00689. The van der Waals surface area contributed by atoms with Crippen LogP contribution in [0.2, 0.25) is 0 Å². The van der Waals surface area contributed by atoms with Crippen molar-refractivity contribution in [1.29, 1.82) is 0 Å². The van der Waals surface area contributed by atoms with E-state index in [1.54, 1.807) is 0 Å². The van der Waals surface area contributed by atoms with E-state index in [1.165, 1.54) is 19.3 Å². The Bertz CT molecular complexity index is 231. The maximum absolute atomic E-state index is 6.06. The topological polar surface area (TPSA) is 21.3 Å². The molecular weight excluding hydrogens is 186 g/mol. The van der Waals surface area contributed by atoms with Gasteiger partial charge in [-0.15, -0.1) is 0 Å². The van der Waals surface area contributed by atoms with Gasteiger partial charge >= 0.3 is 0 Å². The first-order valence-electron chi connectivity index (χ1n) is 6.33. The standard InChI is InChI=1S/C13H25NO/c1-12(2)9-11(13(3,4)15-12)14-8-7-10-5-6-10/h10-11,14H,5-9H2,1-4H3. The molecule has 88 valence electrons. The van der Waals surface area contributed by atoms with Gasteiger partial charge in [0.1, 0.15) is 0 Å². The monoisotopic (exact) mass is 211 g/mol. The Kier molecular flexibility index (Phi) is 2.85. The van der Waals surface area contributed by atoms with Crippen molar-refractivity contribution in [2.45, 2.75) is 70.6 Å². The quantitative estimate of drug-likeness (QED) is 0.772. The van der Waals surface area contributed by atoms with Gasteiger partial charge in [-0.1, -0.05) is 12.8 Å². The second-order valence-electron chi connectivity index (χ2n) is 6.41. The summed E-state index contributed by atoms with van der Waals surface area (Å²) in [5.41, 5.74) is 0.0355. The van der Waals surface area contributed by atoms with Gasteiger partial charge in [-0.05, 0) is 53.0 Å². The molecule has 1 saturated carbocycles. The van der Waals surface area contributed by atoms with Gasteiger partial charge in [0.25, 0.3) is 0 Å². The molecule has 1 atom stereocenters. The van der Waals surface area contributed by atoms with E-state index < -0.39 is 0 Å². The molecule has 0 bridgehead atoms. The largest absolute Gasteiger partial charge is 0.368 e. The Morgan fingerprint density at radius 3 is 2.33 bits per heavy atom. The Balaban J connectivity index is 1.79. The zero-order chi connectivity index (χ0) is 11.1. The lowest BCUT2D eigenvalue weighted by Crippen LogP contribution is -2.43. The average molecular weight is 211 g/mol. The van der Waals surface area contributed by atoms with Crippen molar-refractivity contribution in [1.82, 2.24) is 5.32 Å². The smallest absolute Gasteiger partial charge is 0.0787 e. The van der Waals surface area contributed by atoms with Gasteiger partial charge in [0, 0.05) is 6.04 Å². The maximum Gasteiger partial charge on any atom is 0.0787 e. The molecule has 2 fully saturated rings. The molecule has 0 amide bonds. The number of rotatable bonds is 4. The van der Waals surface area contributed by atoms with Crippen molar-refractivity contribution in [2.75, 3.05) is 6.54 Å². The van der Waals surface area contributed by atoms with Crippen molar-refractivity contribution in [3.8, 4) is 0 Å². The molecule has 1 unspecified atom stereocenters. The van der Waals surface area contributed by atoms with Crippen LogP contribution in [0.15, 0.2) is 0 Å². The summed E-state index contributed by atoms with van der Waals surface area (Å²) < 4.78 is 6.06. The highest BCUT2D eigenvalue weighted by Gasteiger charge is 2.45. The van der Waals surface area contributed by atoms with E-state index in [9.17, 15) is 0 Å². The highest BCUT2D eigenvalue weighted by molar-refractivity contribution is 4.98. The fraction of sp³-hybridized carbons (Fsp3) is 1.00. The van der Waals surface area contributed by atoms with Crippen LogP contribution in [0.3, 0.4) is 0 Å². The number of nitrogens with one attached hydrogen (secondary N) is 1. The second kappa shape index (κ2) is 3.74. The summed E-state index contributed by atoms with van der Waals surface area (Å²) in [6.45, 7) is 9.96. The van der Waals surface area contributed by atoms with Gasteiger partial charge in [-0.2, -0.15) is 0 Å². The summed E-state index contributed by atoms with van der Waals surface area (Å²) in [5.74, 6) is 1.02. The first-order chi connectivity index (χ1) is 6.89. The minimum Gasteiger partial charge on any atom is -0.368 e. The fourth-order valence-electron chi connectivity index (χ4n) is 2.75. The second-order valence-corrected chi connectivity index (χ2v) is 6.41. The Morgan fingerprint density at radius 2 is 1.87 bits per heavy atom. The van der Waals surface area contributed by atoms with Gasteiger partial charge in [-0.3, -0.25) is 0 Å². The molecule has 0 aromatic heterocycles. The van der Waals surface area contributed by atoms with E-state index in [4.69, 9.17) is 4.74 Å². The first-order valence-corrected chi connectivity index (χ1v) is 6.33. The lowest BCUT2D eigenvalue weighted by atomic mass is 9.94. The number of hydrogen-bond donors (Lipinski definition) is 1. The highest BCUT2D eigenvalue weighted by Crippen LogP contribution is 2.37. The molecule has 0 aromatic carbocycles. The van der Waals surface area contributed by atoms with Crippen molar-refractivity contribution in [3.63, 3.8) is 0 Å². The molecule has 0 spiro atoms. The minimum absolute atomic E-state index is 0.00689. The van der Waals surface area contributed by atoms with Crippen LogP contribution < -0.4 is 5.32 Å². The molecule has 1 N–H and O–H groups in total. The van der Waals surface area contributed by atoms with Crippen LogP contribution in [0.25, 0.3) is 0 Å². The third-order valence-electron chi connectivity index (χ3n) is 3.71. The van der Waals surface area contributed by atoms with Crippen molar-refractivity contribution >= 4 is 0 Å². The lowest BCUT2D eigenvalue weighted by Gasteiger charge is -2.27. The van der Waals surface area contributed by atoms with Crippen LogP contribution in [0.1, 0.15) is 53.4 Å². The van der Waals surface area contributed by atoms with Crippen molar-refractivity contribution in [3.05, 3.63) is 0 Å². The van der Waals surface area contributed by atoms with Crippen LogP contribution in [-0.4, -0.2) is 23.8 Å². The SMILES string of the molecule is CC1(C)CC(NCCC2CC2)C(C)(C)O1. The highest BCUT2D eigenvalue weighted by atomic mass is 16.5. The number of ether oxygens (including phenoxy) is 1. The summed E-state index contributed by atoms with van der Waals surface area (Å²) in [4.78, 5) is 0. The predicted octanol–water partition coefficient (Wildman–Crippen LogP) is 2.72. The molecule has 2 nitrogen and oxygen atoms in total. The summed E-state index contributed by atoms with van der Waals surface area (Å²) in [6.07, 6.45) is 5.40. The van der Waals surface area contributed by atoms with Crippen LogP contribution >= 0.6 is 0 Å². The Hall–Kier alpha value is -0.0800. The molecule has 1 saturated heterocycles. The zero-order valence-electron chi connectivity index (χ0n) is 10.6. The molecule has 15 heavy (non-hydrogen) atoms. The predicted molar refractivity (Wildman–Crippen MR) is 63.0 cm³/mol. The van der Waals surface area contributed by atoms with Crippen LogP contribution in [0.5, 0.6) is 0 Å². The van der Waals surface area contributed by atoms with Gasteiger partial charge in [-0.25, -0.2) is 0 Å². The first kappa shape index (κ1) is 11.4. The molecule has 2 heteroatoms. The molecule has 2 aliphatic rings.